The molecule has 9 heteroatoms. The number of carbonyl (C=O) groups excluding carboxylic acids is 1. The van der Waals surface area contributed by atoms with Gasteiger partial charge in [-0.2, -0.15) is 4.31 Å². The highest BCUT2D eigenvalue weighted by molar-refractivity contribution is 7.91. The minimum absolute atomic E-state index is 0.0753. The van der Waals surface area contributed by atoms with Crippen LogP contribution in [-0.2, 0) is 21.2 Å². The maximum atomic E-state index is 13.0. The Labute approximate surface area is 174 Å². The van der Waals surface area contributed by atoms with E-state index >= 15 is 0 Å². The standard InChI is InChI=1S/C19H22ClN3O3S2/c1-14(19(24)23-9-8-15-4-2-3-5-16(15)23)21-10-12-22(13-11-21)28(25,26)18-7-6-17(20)27-18/h2-7,14H,8-13H2,1H3/t14-/m0/s1. The van der Waals surface area contributed by atoms with Gasteiger partial charge in [0.1, 0.15) is 4.21 Å². The molecule has 1 aromatic heterocycles. The van der Waals surface area contributed by atoms with Gasteiger partial charge >= 0.3 is 0 Å². The van der Waals surface area contributed by atoms with Crippen LogP contribution in [0.2, 0.25) is 4.34 Å². The summed E-state index contributed by atoms with van der Waals surface area (Å²) in [5.74, 6) is 0.0753. The van der Waals surface area contributed by atoms with Crippen LogP contribution in [0.15, 0.2) is 40.6 Å². The van der Waals surface area contributed by atoms with Gasteiger partial charge in [-0.15, -0.1) is 11.3 Å². The van der Waals surface area contributed by atoms with Gasteiger partial charge in [0.05, 0.1) is 10.4 Å². The highest BCUT2D eigenvalue weighted by atomic mass is 35.5. The summed E-state index contributed by atoms with van der Waals surface area (Å²) in [5, 5.41) is 0. The van der Waals surface area contributed by atoms with E-state index in [1.54, 1.807) is 12.1 Å². The van der Waals surface area contributed by atoms with E-state index in [-0.39, 0.29) is 16.2 Å². The molecule has 0 aliphatic carbocycles. The van der Waals surface area contributed by atoms with Gasteiger partial charge in [-0.1, -0.05) is 29.8 Å². The molecule has 1 atom stereocenters. The Morgan fingerprint density at radius 2 is 1.79 bits per heavy atom. The Balaban J connectivity index is 1.40. The van der Waals surface area contributed by atoms with Crippen LogP contribution in [0.5, 0.6) is 0 Å². The summed E-state index contributed by atoms with van der Waals surface area (Å²) >= 11 is 6.96. The molecular weight excluding hydrogens is 418 g/mol. The van der Waals surface area contributed by atoms with E-state index in [9.17, 15) is 13.2 Å². The third-order valence-electron chi connectivity index (χ3n) is 5.47. The lowest BCUT2D eigenvalue weighted by Gasteiger charge is -2.37. The van der Waals surface area contributed by atoms with Gasteiger partial charge in [0.2, 0.25) is 5.91 Å². The number of piperazine rings is 1. The molecule has 1 fully saturated rings. The van der Waals surface area contributed by atoms with Gasteiger partial charge in [-0.05, 0) is 37.1 Å². The van der Waals surface area contributed by atoms with Crippen molar-refractivity contribution in [2.24, 2.45) is 0 Å². The normalized spacial score (nSPS) is 19.6. The molecule has 150 valence electrons. The fourth-order valence-electron chi connectivity index (χ4n) is 3.84. The first-order valence-corrected chi connectivity index (χ1v) is 11.9. The van der Waals surface area contributed by atoms with Gasteiger partial charge in [0, 0.05) is 38.4 Å². The van der Waals surface area contributed by atoms with Crippen LogP contribution >= 0.6 is 22.9 Å². The van der Waals surface area contributed by atoms with Crippen molar-refractivity contribution in [1.82, 2.24) is 9.21 Å². The van der Waals surface area contributed by atoms with Crippen LogP contribution in [0.25, 0.3) is 0 Å². The van der Waals surface area contributed by atoms with E-state index in [2.05, 4.69) is 11.0 Å². The minimum atomic E-state index is -3.52. The van der Waals surface area contributed by atoms with E-state index in [0.29, 0.717) is 37.1 Å². The van der Waals surface area contributed by atoms with Crippen LogP contribution in [0, 0.1) is 0 Å². The number of benzene rings is 1. The Morgan fingerprint density at radius 1 is 1.07 bits per heavy atom. The second-order valence-electron chi connectivity index (χ2n) is 7.04. The van der Waals surface area contributed by atoms with Crippen molar-refractivity contribution >= 4 is 44.6 Å². The average molecular weight is 440 g/mol. The van der Waals surface area contributed by atoms with Crippen molar-refractivity contribution in [3.8, 4) is 0 Å². The number of rotatable bonds is 4. The molecule has 3 heterocycles. The van der Waals surface area contributed by atoms with Crippen LogP contribution in [0.3, 0.4) is 0 Å². The summed E-state index contributed by atoms with van der Waals surface area (Å²) in [4.78, 5) is 17.0. The van der Waals surface area contributed by atoms with Crippen LogP contribution in [0.1, 0.15) is 12.5 Å². The molecular formula is C19H22ClN3O3S2. The molecule has 2 aromatic rings. The number of halogens is 1. The molecule has 1 saturated heterocycles. The van der Waals surface area contributed by atoms with Crippen molar-refractivity contribution < 1.29 is 13.2 Å². The van der Waals surface area contributed by atoms with Crippen molar-refractivity contribution in [3.63, 3.8) is 0 Å². The molecule has 0 unspecified atom stereocenters. The van der Waals surface area contributed by atoms with Crippen LogP contribution in [0.4, 0.5) is 5.69 Å². The molecule has 2 aliphatic heterocycles. The highest BCUT2D eigenvalue weighted by Crippen LogP contribution is 2.30. The van der Waals surface area contributed by atoms with E-state index in [1.165, 1.54) is 9.87 Å². The molecule has 2 aliphatic rings. The number of thiophene rings is 1. The Hall–Kier alpha value is -1.45. The zero-order chi connectivity index (χ0) is 19.9. The number of hydrogen-bond donors (Lipinski definition) is 0. The number of fused-ring (bicyclic) bond motifs is 1. The van der Waals surface area contributed by atoms with E-state index in [4.69, 9.17) is 11.6 Å². The van der Waals surface area contributed by atoms with Gasteiger partial charge < -0.3 is 4.90 Å². The second-order valence-corrected chi connectivity index (χ2v) is 10.9. The molecule has 1 amide bonds. The number of nitrogens with zero attached hydrogens (tertiary/aromatic N) is 3. The van der Waals surface area contributed by atoms with E-state index in [0.717, 1.165) is 23.4 Å². The number of para-hydroxylation sites is 1. The summed E-state index contributed by atoms with van der Waals surface area (Å²) in [6.45, 7) is 4.40. The number of amides is 1. The van der Waals surface area contributed by atoms with Gasteiger partial charge in [-0.3, -0.25) is 9.69 Å². The minimum Gasteiger partial charge on any atom is -0.310 e. The first-order chi connectivity index (χ1) is 13.4. The Bertz CT molecular complexity index is 984. The van der Waals surface area contributed by atoms with Gasteiger partial charge in [-0.25, -0.2) is 8.42 Å². The lowest BCUT2D eigenvalue weighted by Crippen LogP contribution is -2.55. The fourth-order valence-corrected chi connectivity index (χ4v) is 6.90. The third-order valence-corrected chi connectivity index (χ3v) is 9.07. The Morgan fingerprint density at radius 3 is 2.46 bits per heavy atom. The second kappa shape index (κ2) is 7.76. The number of sulfonamides is 1. The monoisotopic (exact) mass is 439 g/mol. The number of carbonyl (C=O) groups is 1. The molecule has 0 radical (unpaired) electrons. The van der Waals surface area contributed by atoms with Gasteiger partial charge in [0.15, 0.2) is 0 Å². The largest absolute Gasteiger partial charge is 0.310 e. The third kappa shape index (κ3) is 3.59. The SMILES string of the molecule is C[C@@H](C(=O)N1CCc2ccccc21)N1CCN(S(=O)(=O)c2ccc(Cl)s2)CC1. The molecule has 0 N–H and O–H groups in total. The predicted molar refractivity (Wildman–Crippen MR) is 112 cm³/mol. The molecule has 4 rings (SSSR count). The van der Waals surface area contributed by atoms with Crippen LogP contribution < -0.4 is 4.90 Å². The summed E-state index contributed by atoms with van der Waals surface area (Å²) in [6.07, 6.45) is 0.879. The average Bonchev–Trinajstić information content (AvgIpc) is 3.33. The first-order valence-electron chi connectivity index (χ1n) is 9.27. The topological polar surface area (TPSA) is 60.9 Å². The lowest BCUT2D eigenvalue weighted by atomic mass is 10.1. The predicted octanol–water partition coefficient (Wildman–Crippen LogP) is 2.69. The summed E-state index contributed by atoms with van der Waals surface area (Å²) < 4.78 is 27.7. The van der Waals surface area contributed by atoms with E-state index < -0.39 is 10.0 Å². The highest BCUT2D eigenvalue weighted by Gasteiger charge is 2.35. The van der Waals surface area contributed by atoms with Crippen molar-refractivity contribution in [1.29, 1.82) is 0 Å². The number of hydrogen-bond acceptors (Lipinski definition) is 5. The molecule has 0 bridgehead atoms. The van der Waals surface area contributed by atoms with Crippen molar-refractivity contribution in [3.05, 3.63) is 46.3 Å². The summed E-state index contributed by atoms with van der Waals surface area (Å²) in [6, 6.07) is 10.9. The molecule has 0 saturated carbocycles. The fraction of sp³-hybridized carbons (Fsp3) is 0.421. The van der Waals surface area contributed by atoms with Crippen molar-refractivity contribution in [2.45, 2.75) is 23.6 Å². The lowest BCUT2D eigenvalue weighted by molar-refractivity contribution is -0.123. The number of anilines is 1. The Kier molecular flexibility index (Phi) is 5.50. The first kappa shape index (κ1) is 19.8. The molecule has 0 spiro atoms. The maximum absolute atomic E-state index is 13.0. The van der Waals surface area contributed by atoms with Gasteiger partial charge in [0.25, 0.3) is 10.0 Å². The van der Waals surface area contributed by atoms with Crippen molar-refractivity contribution in [2.75, 3.05) is 37.6 Å². The smallest absolute Gasteiger partial charge is 0.252 e. The molecule has 28 heavy (non-hydrogen) atoms. The zero-order valence-corrected chi connectivity index (χ0v) is 17.9. The zero-order valence-electron chi connectivity index (χ0n) is 15.5. The molecule has 1 aromatic carbocycles. The van der Waals surface area contributed by atoms with Crippen LogP contribution in [-0.4, -0.2) is 62.3 Å². The van der Waals surface area contributed by atoms with E-state index in [1.807, 2.05) is 30.0 Å². The quantitative estimate of drug-likeness (QED) is 0.734. The molecule has 6 nitrogen and oxygen atoms in total. The maximum Gasteiger partial charge on any atom is 0.252 e. The summed E-state index contributed by atoms with van der Waals surface area (Å²) in [5.41, 5.74) is 2.20. The summed E-state index contributed by atoms with van der Waals surface area (Å²) in [7, 11) is -3.52.